The number of nitrogens with zero attached hydrogens (tertiary/aromatic N) is 4. The summed E-state index contributed by atoms with van der Waals surface area (Å²) in [6.07, 6.45) is 1.55. The lowest BCUT2D eigenvalue weighted by molar-refractivity contribution is 0.396. The summed E-state index contributed by atoms with van der Waals surface area (Å²) >= 11 is 0. The van der Waals surface area contributed by atoms with Gasteiger partial charge in [0.15, 0.2) is 0 Å². The van der Waals surface area contributed by atoms with Crippen molar-refractivity contribution in [3.05, 3.63) is 42.7 Å². The Morgan fingerprint density at radius 2 is 1.65 bits per heavy atom. The first kappa shape index (κ1) is 12.7. The van der Waals surface area contributed by atoms with Crippen molar-refractivity contribution in [2.45, 2.75) is 0 Å². The van der Waals surface area contributed by atoms with E-state index in [4.69, 9.17) is 4.74 Å². The molecule has 2 aromatic rings. The van der Waals surface area contributed by atoms with Crippen LogP contribution in [0, 0.1) is 0 Å². The zero-order valence-corrected chi connectivity index (χ0v) is 11.6. The number of aromatic nitrogens is 2. The van der Waals surface area contributed by atoms with E-state index in [1.54, 1.807) is 13.4 Å². The number of anilines is 2. The third-order valence-corrected chi connectivity index (χ3v) is 3.56. The average Bonchev–Trinajstić information content (AvgIpc) is 2.56. The molecule has 1 aromatic carbocycles. The van der Waals surface area contributed by atoms with Gasteiger partial charge in [-0.2, -0.15) is 0 Å². The summed E-state index contributed by atoms with van der Waals surface area (Å²) < 4.78 is 5.15. The highest BCUT2D eigenvalue weighted by Crippen LogP contribution is 2.20. The Hall–Kier alpha value is -2.30. The monoisotopic (exact) mass is 270 g/mol. The van der Waals surface area contributed by atoms with Crippen molar-refractivity contribution < 1.29 is 4.74 Å². The van der Waals surface area contributed by atoms with Crippen molar-refractivity contribution in [2.75, 3.05) is 43.1 Å². The van der Waals surface area contributed by atoms with Crippen LogP contribution >= 0.6 is 0 Å². The second-order valence-corrected chi connectivity index (χ2v) is 4.73. The molecule has 3 rings (SSSR count). The van der Waals surface area contributed by atoms with E-state index < -0.39 is 0 Å². The Morgan fingerprint density at radius 1 is 0.950 bits per heavy atom. The van der Waals surface area contributed by atoms with Crippen molar-refractivity contribution >= 4 is 11.5 Å². The molecule has 0 unspecified atom stereocenters. The molecular formula is C15H18N4O. The van der Waals surface area contributed by atoms with Crippen LogP contribution in [0.3, 0.4) is 0 Å². The topological polar surface area (TPSA) is 41.5 Å². The summed E-state index contributed by atoms with van der Waals surface area (Å²) in [6, 6.07) is 12.4. The highest BCUT2D eigenvalue weighted by Gasteiger charge is 2.18. The first-order valence-electron chi connectivity index (χ1n) is 6.78. The van der Waals surface area contributed by atoms with Gasteiger partial charge >= 0.3 is 0 Å². The lowest BCUT2D eigenvalue weighted by atomic mass is 10.2. The van der Waals surface area contributed by atoms with Crippen LogP contribution in [0.25, 0.3) is 0 Å². The molecule has 5 heteroatoms. The maximum atomic E-state index is 5.15. The van der Waals surface area contributed by atoms with Crippen LogP contribution in [0.1, 0.15) is 0 Å². The van der Waals surface area contributed by atoms with Crippen LogP contribution in [-0.4, -0.2) is 43.3 Å². The molecule has 0 aliphatic carbocycles. The van der Waals surface area contributed by atoms with Gasteiger partial charge in [-0.05, 0) is 12.1 Å². The second kappa shape index (κ2) is 5.77. The zero-order valence-electron chi connectivity index (χ0n) is 11.6. The van der Waals surface area contributed by atoms with E-state index in [9.17, 15) is 0 Å². The maximum Gasteiger partial charge on any atom is 0.218 e. The van der Waals surface area contributed by atoms with E-state index in [-0.39, 0.29) is 0 Å². The Morgan fingerprint density at radius 3 is 2.35 bits per heavy atom. The molecule has 0 spiro atoms. The lowest BCUT2D eigenvalue weighted by Gasteiger charge is -2.36. The summed E-state index contributed by atoms with van der Waals surface area (Å²) in [7, 11) is 1.62. The molecule has 0 bridgehead atoms. The molecule has 1 fully saturated rings. The molecule has 1 aliphatic heterocycles. The molecule has 104 valence electrons. The van der Waals surface area contributed by atoms with Gasteiger partial charge in [0.2, 0.25) is 5.88 Å². The van der Waals surface area contributed by atoms with Crippen LogP contribution in [-0.2, 0) is 0 Å². The number of piperazine rings is 1. The lowest BCUT2D eigenvalue weighted by Crippen LogP contribution is -2.46. The van der Waals surface area contributed by atoms with Gasteiger partial charge in [0.25, 0.3) is 0 Å². The summed E-state index contributed by atoms with van der Waals surface area (Å²) in [4.78, 5) is 13.0. The normalized spacial score (nSPS) is 15.2. The third kappa shape index (κ3) is 2.66. The van der Waals surface area contributed by atoms with E-state index >= 15 is 0 Å². The van der Waals surface area contributed by atoms with Crippen LogP contribution < -0.4 is 14.5 Å². The Kier molecular flexibility index (Phi) is 3.67. The fourth-order valence-electron chi connectivity index (χ4n) is 2.45. The molecule has 5 nitrogen and oxygen atoms in total. The molecule has 1 saturated heterocycles. The number of rotatable bonds is 3. The molecule has 0 radical (unpaired) electrons. The SMILES string of the molecule is COc1cc(N2CCN(c3ccccc3)CC2)ncn1. The fourth-order valence-corrected chi connectivity index (χ4v) is 2.45. The summed E-state index contributed by atoms with van der Waals surface area (Å²) in [5, 5.41) is 0. The minimum Gasteiger partial charge on any atom is -0.481 e. The second-order valence-electron chi connectivity index (χ2n) is 4.73. The van der Waals surface area contributed by atoms with Gasteiger partial charge in [-0.3, -0.25) is 0 Å². The van der Waals surface area contributed by atoms with Gasteiger partial charge in [0, 0.05) is 37.9 Å². The van der Waals surface area contributed by atoms with Crippen molar-refractivity contribution in [3.8, 4) is 5.88 Å². The molecular weight excluding hydrogens is 252 g/mol. The fraction of sp³-hybridized carbons (Fsp3) is 0.333. The van der Waals surface area contributed by atoms with E-state index in [2.05, 4.69) is 44.0 Å². The summed E-state index contributed by atoms with van der Waals surface area (Å²) in [5.74, 6) is 1.55. The van der Waals surface area contributed by atoms with Gasteiger partial charge in [0.05, 0.1) is 7.11 Å². The molecule has 0 atom stereocenters. The number of ether oxygens (including phenoxy) is 1. The minimum absolute atomic E-state index is 0.612. The van der Waals surface area contributed by atoms with E-state index in [0.717, 1.165) is 32.0 Å². The third-order valence-electron chi connectivity index (χ3n) is 3.56. The predicted octanol–water partition coefficient (Wildman–Crippen LogP) is 1.81. The Balaban J connectivity index is 1.66. The number of benzene rings is 1. The Bertz CT molecular complexity index is 553. The summed E-state index contributed by atoms with van der Waals surface area (Å²) in [5.41, 5.74) is 1.28. The van der Waals surface area contributed by atoms with Gasteiger partial charge in [0.1, 0.15) is 12.1 Å². The smallest absolute Gasteiger partial charge is 0.218 e. The first-order valence-corrected chi connectivity index (χ1v) is 6.78. The molecule has 0 amide bonds. The van der Waals surface area contributed by atoms with Gasteiger partial charge < -0.3 is 14.5 Å². The Labute approximate surface area is 118 Å². The average molecular weight is 270 g/mol. The molecule has 0 N–H and O–H groups in total. The van der Waals surface area contributed by atoms with Crippen LogP contribution in [0.5, 0.6) is 5.88 Å². The van der Waals surface area contributed by atoms with Crippen LogP contribution in [0.15, 0.2) is 42.7 Å². The maximum absolute atomic E-state index is 5.15. The number of hydrogen-bond acceptors (Lipinski definition) is 5. The predicted molar refractivity (Wildman–Crippen MR) is 79.5 cm³/mol. The van der Waals surface area contributed by atoms with E-state index in [0.29, 0.717) is 5.88 Å². The molecule has 0 saturated carbocycles. The standard InChI is InChI=1S/C15H18N4O/c1-20-15-11-14(16-12-17-15)19-9-7-18(8-10-19)13-5-3-2-4-6-13/h2-6,11-12H,7-10H2,1H3. The number of para-hydroxylation sites is 1. The molecule has 1 aliphatic rings. The van der Waals surface area contributed by atoms with E-state index in [1.807, 2.05) is 12.1 Å². The molecule has 20 heavy (non-hydrogen) atoms. The van der Waals surface area contributed by atoms with Crippen molar-refractivity contribution in [1.82, 2.24) is 9.97 Å². The van der Waals surface area contributed by atoms with Crippen LogP contribution in [0.4, 0.5) is 11.5 Å². The highest BCUT2D eigenvalue weighted by molar-refractivity contribution is 5.49. The van der Waals surface area contributed by atoms with Crippen molar-refractivity contribution in [3.63, 3.8) is 0 Å². The van der Waals surface area contributed by atoms with Crippen LogP contribution in [0.2, 0.25) is 0 Å². The van der Waals surface area contributed by atoms with Crippen molar-refractivity contribution in [1.29, 1.82) is 0 Å². The summed E-state index contributed by atoms with van der Waals surface area (Å²) in [6.45, 7) is 3.90. The van der Waals surface area contributed by atoms with E-state index in [1.165, 1.54) is 5.69 Å². The molecule has 2 heterocycles. The number of hydrogen-bond donors (Lipinski definition) is 0. The van der Waals surface area contributed by atoms with Gasteiger partial charge in [-0.15, -0.1) is 0 Å². The molecule has 1 aromatic heterocycles. The quantitative estimate of drug-likeness (QED) is 0.851. The van der Waals surface area contributed by atoms with Crippen molar-refractivity contribution in [2.24, 2.45) is 0 Å². The van der Waals surface area contributed by atoms with Gasteiger partial charge in [-0.1, -0.05) is 18.2 Å². The minimum atomic E-state index is 0.612. The van der Waals surface area contributed by atoms with Gasteiger partial charge in [-0.25, -0.2) is 9.97 Å². The zero-order chi connectivity index (χ0) is 13.8. The first-order chi connectivity index (χ1) is 9.86. The largest absolute Gasteiger partial charge is 0.481 e. The highest BCUT2D eigenvalue weighted by atomic mass is 16.5. The number of methoxy groups -OCH3 is 1.